The van der Waals surface area contributed by atoms with Crippen molar-refractivity contribution in [3.05, 3.63) is 234 Å². The standard InChI is InChI=1S/C58H38/c1-3-19-46-43(4-2)53(35-39-21-12-13-26-44(39)46)54-37-56-57(50-31-18-17-30-49(50)54)51-33-32-40(52-34-38-20-11-14-27-45(38)47-28-15-16-29-48(47)52)36-55(51)58(56,41-22-7-5-8-23-41)42-24-9-6-10-25-42/h2-3,5-37H,1H3/b19-3-. The molecule has 1 aliphatic rings. The van der Waals surface area contributed by atoms with E-state index in [1.807, 2.05) is 0 Å². The van der Waals surface area contributed by atoms with Gasteiger partial charge in [0.25, 0.3) is 0 Å². The highest BCUT2D eigenvalue weighted by atomic mass is 14.5. The second kappa shape index (κ2) is 13.3. The molecule has 0 radical (unpaired) electrons. The maximum Gasteiger partial charge on any atom is 0.0714 e. The molecule has 0 atom stereocenters. The topological polar surface area (TPSA) is 0 Å². The van der Waals surface area contributed by atoms with Crippen molar-refractivity contribution in [3.8, 4) is 45.7 Å². The Bertz CT molecular complexity index is 3300. The van der Waals surface area contributed by atoms with Crippen LogP contribution in [0.4, 0.5) is 0 Å². The zero-order valence-corrected chi connectivity index (χ0v) is 32.2. The van der Waals surface area contributed by atoms with Gasteiger partial charge in [0.15, 0.2) is 0 Å². The molecular formula is C58H38. The van der Waals surface area contributed by atoms with Gasteiger partial charge in [-0.15, -0.1) is 6.42 Å². The van der Waals surface area contributed by atoms with Gasteiger partial charge in [-0.3, -0.25) is 0 Å². The molecule has 0 saturated heterocycles. The molecule has 0 saturated carbocycles. The summed E-state index contributed by atoms with van der Waals surface area (Å²) in [7, 11) is 0. The molecule has 0 aliphatic heterocycles. The predicted octanol–water partition coefficient (Wildman–Crippen LogP) is 15.0. The second-order valence-electron chi connectivity index (χ2n) is 15.4. The van der Waals surface area contributed by atoms with E-state index in [1.165, 1.54) is 82.2 Å². The highest BCUT2D eigenvalue weighted by Crippen LogP contribution is 2.60. The van der Waals surface area contributed by atoms with E-state index in [0.717, 1.165) is 27.6 Å². The van der Waals surface area contributed by atoms with Gasteiger partial charge in [-0.2, -0.15) is 0 Å². The summed E-state index contributed by atoms with van der Waals surface area (Å²) >= 11 is 0. The number of allylic oxidation sites excluding steroid dienone is 1. The number of terminal acetylenes is 1. The fraction of sp³-hybridized carbons (Fsp3) is 0.0345. The van der Waals surface area contributed by atoms with Crippen LogP contribution in [0.5, 0.6) is 0 Å². The van der Waals surface area contributed by atoms with E-state index in [-0.39, 0.29) is 0 Å². The third kappa shape index (κ3) is 4.84. The molecule has 0 heteroatoms. The molecule has 0 N–H and O–H groups in total. The lowest BCUT2D eigenvalue weighted by Crippen LogP contribution is -2.28. The fourth-order valence-corrected chi connectivity index (χ4v) is 10.1. The summed E-state index contributed by atoms with van der Waals surface area (Å²) in [4.78, 5) is 0. The molecule has 270 valence electrons. The van der Waals surface area contributed by atoms with Gasteiger partial charge in [0, 0.05) is 5.56 Å². The third-order valence-corrected chi connectivity index (χ3v) is 12.5. The lowest BCUT2D eigenvalue weighted by atomic mass is 9.67. The highest BCUT2D eigenvalue weighted by Gasteiger charge is 2.47. The van der Waals surface area contributed by atoms with Crippen molar-refractivity contribution in [2.24, 2.45) is 0 Å². The Morgan fingerprint density at radius 2 is 0.966 bits per heavy atom. The van der Waals surface area contributed by atoms with Crippen LogP contribution in [-0.2, 0) is 5.41 Å². The van der Waals surface area contributed by atoms with Crippen molar-refractivity contribution in [2.75, 3.05) is 0 Å². The van der Waals surface area contributed by atoms with Crippen molar-refractivity contribution in [1.82, 2.24) is 0 Å². The van der Waals surface area contributed by atoms with Gasteiger partial charge in [0.2, 0.25) is 0 Å². The van der Waals surface area contributed by atoms with Gasteiger partial charge in [-0.25, -0.2) is 0 Å². The molecule has 58 heavy (non-hydrogen) atoms. The Balaban J connectivity index is 1.29. The van der Waals surface area contributed by atoms with Crippen molar-refractivity contribution in [3.63, 3.8) is 0 Å². The quantitative estimate of drug-likeness (QED) is 0.122. The third-order valence-electron chi connectivity index (χ3n) is 12.5. The Hall–Kier alpha value is -7.46. The molecule has 1 aliphatic carbocycles. The van der Waals surface area contributed by atoms with Crippen LogP contribution in [0.1, 0.15) is 40.3 Å². The molecule has 0 spiro atoms. The zero-order valence-electron chi connectivity index (χ0n) is 32.2. The number of rotatable bonds is 5. The summed E-state index contributed by atoms with van der Waals surface area (Å²) in [6.07, 6.45) is 10.8. The Morgan fingerprint density at radius 1 is 0.431 bits per heavy atom. The first-order valence-electron chi connectivity index (χ1n) is 20.1. The molecule has 0 amide bonds. The average molecular weight is 735 g/mol. The van der Waals surface area contributed by atoms with E-state index >= 15 is 0 Å². The summed E-state index contributed by atoms with van der Waals surface area (Å²) in [5.74, 6) is 3.17. The lowest BCUT2D eigenvalue weighted by molar-refractivity contribution is 0.769. The van der Waals surface area contributed by atoms with Crippen LogP contribution in [0.2, 0.25) is 0 Å². The van der Waals surface area contributed by atoms with Crippen molar-refractivity contribution < 1.29 is 0 Å². The molecule has 0 heterocycles. The van der Waals surface area contributed by atoms with Crippen molar-refractivity contribution in [2.45, 2.75) is 12.3 Å². The first-order valence-corrected chi connectivity index (χ1v) is 20.1. The smallest absolute Gasteiger partial charge is 0.0714 e. The lowest BCUT2D eigenvalue weighted by Gasteiger charge is -2.34. The van der Waals surface area contributed by atoms with E-state index < -0.39 is 5.41 Å². The summed E-state index contributed by atoms with van der Waals surface area (Å²) in [5.41, 5.74) is 13.5. The summed E-state index contributed by atoms with van der Waals surface area (Å²) in [5, 5.41) is 9.77. The predicted molar refractivity (Wildman–Crippen MR) is 247 cm³/mol. The molecule has 11 rings (SSSR count). The molecule has 0 nitrogen and oxygen atoms in total. The Labute approximate surface area is 339 Å². The normalized spacial score (nSPS) is 13.0. The molecule has 0 unspecified atom stereocenters. The average Bonchev–Trinajstić information content (AvgIpc) is 3.59. The second-order valence-corrected chi connectivity index (χ2v) is 15.4. The Kier molecular flexibility index (Phi) is 7.78. The minimum Gasteiger partial charge on any atom is -0.115 e. The first kappa shape index (κ1) is 33.8. The zero-order chi connectivity index (χ0) is 38.8. The maximum atomic E-state index is 6.53. The van der Waals surface area contributed by atoms with Crippen LogP contribution in [0.15, 0.2) is 200 Å². The number of hydrogen-bond acceptors (Lipinski definition) is 0. The molecule has 10 aromatic rings. The van der Waals surface area contributed by atoms with Crippen molar-refractivity contribution >= 4 is 49.2 Å². The highest BCUT2D eigenvalue weighted by molar-refractivity contribution is 6.15. The van der Waals surface area contributed by atoms with E-state index in [9.17, 15) is 0 Å². The van der Waals surface area contributed by atoms with Crippen LogP contribution >= 0.6 is 0 Å². The summed E-state index contributed by atoms with van der Waals surface area (Å²) in [6, 6.07) is 71.7. The monoisotopic (exact) mass is 734 g/mol. The van der Waals surface area contributed by atoms with E-state index in [2.05, 4.69) is 219 Å². The van der Waals surface area contributed by atoms with Gasteiger partial charge in [0.1, 0.15) is 0 Å². The van der Waals surface area contributed by atoms with E-state index in [4.69, 9.17) is 6.42 Å². The van der Waals surface area contributed by atoms with Crippen LogP contribution < -0.4 is 0 Å². The van der Waals surface area contributed by atoms with Gasteiger partial charge < -0.3 is 0 Å². The van der Waals surface area contributed by atoms with Crippen LogP contribution in [-0.4, -0.2) is 0 Å². The van der Waals surface area contributed by atoms with Crippen LogP contribution in [0, 0.1) is 12.3 Å². The number of hydrogen-bond donors (Lipinski definition) is 0. The minimum atomic E-state index is -0.631. The summed E-state index contributed by atoms with van der Waals surface area (Å²) in [6.45, 7) is 2.06. The largest absolute Gasteiger partial charge is 0.115 e. The van der Waals surface area contributed by atoms with Gasteiger partial charge in [0.05, 0.1) is 5.41 Å². The molecule has 10 aromatic carbocycles. The molecular weight excluding hydrogens is 697 g/mol. The van der Waals surface area contributed by atoms with E-state index in [1.54, 1.807) is 0 Å². The minimum absolute atomic E-state index is 0.631. The van der Waals surface area contributed by atoms with Crippen LogP contribution in [0.25, 0.3) is 82.5 Å². The molecule has 0 aromatic heterocycles. The fourth-order valence-electron chi connectivity index (χ4n) is 10.1. The first-order chi connectivity index (χ1) is 28.7. The molecule has 0 bridgehead atoms. The molecule has 0 fully saturated rings. The van der Waals surface area contributed by atoms with Gasteiger partial charge in [-0.05, 0) is 135 Å². The number of benzene rings is 10. The SMILES string of the molecule is C#Cc1c(-c2cc3c(c4ccccc24)-c2ccc(-c4cc5ccccc5c5ccccc45)cc2C3(c2ccccc2)c2ccccc2)cc2ccccc2c1/C=C\C. The van der Waals surface area contributed by atoms with Gasteiger partial charge >= 0.3 is 0 Å². The van der Waals surface area contributed by atoms with Crippen molar-refractivity contribution in [1.29, 1.82) is 0 Å². The Morgan fingerprint density at radius 3 is 1.62 bits per heavy atom. The van der Waals surface area contributed by atoms with E-state index in [0.29, 0.717) is 0 Å². The van der Waals surface area contributed by atoms with Gasteiger partial charge in [-0.1, -0.05) is 188 Å². The number of fused-ring (bicyclic) bond motifs is 9. The van der Waals surface area contributed by atoms with Crippen LogP contribution in [0.3, 0.4) is 0 Å². The summed E-state index contributed by atoms with van der Waals surface area (Å²) < 4.78 is 0. The maximum absolute atomic E-state index is 6.53.